The summed E-state index contributed by atoms with van der Waals surface area (Å²) in [5.74, 6) is 0.386. The number of nitrogens with one attached hydrogen (secondary N) is 1. The SMILES string of the molecule is CC/C=C\NC(C=O)=NCC. The monoisotopic (exact) mass is 154 g/mol. The van der Waals surface area contributed by atoms with Gasteiger partial charge >= 0.3 is 0 Å². The van der Waals surface area contributed by atoms with Crippen LogP contribution in [0.3, 0.4) is 0 Å². The lowest BCUT2D eigenvalue weighted by molar-refractivity contribution is -0.102. The highest BCUT2D eigenvalue weighted by Crippen LogP contribution is 1.76. The zero-order valence-corrected chi connectivity index (χ0v) is 7.00. The van der Waals surface area contributed by atoms with Crippen molar-refractivity contribution in [2.75, 3.05) is 6.54 Å². The second-order valence-corrected chi connectivity index (χ2v) is 1.93. The quantitative estimate of drug-likeness (QED) is 0.374. The lowest BCUT2D eigenvalue weighted by Crippen LogP contribution is -2.18. The molecule has 0 unspecified atom stereocenters. The molecule has 0 spiro atoms. The van der Waals surface area contributed by atoms with Crippen LogP contribution in [-0.4, -0.2) is 18.7 Å². The van der Waals surface area contributed by atoms with Gasteiger partial charge in [0, 0.05) is 6.54 Å². The molecule has 0 amide bonds. The molecular weight excluding hydrogens is 140 g/mol. The fourth-order valence-corrected chi connectivity index (χ4v) is 0.549. The zero-order chi connectivity index (χ0) is 8.53. The number of carbonyl (C=O) groups excluding carboxylic acids is 1. The second-order valence-electron chi connectivity index (χ2n) is 1.93. The molecule has 0 aliphatic carbocycles. The van der Waals surface area contributed by atoms with Crippen LogP contribution in [-0.2, 0) is 4.79 Å². The van der Waals surface area contributed by atoms with Crippen molar-refractivity contribution in [2.24, 2.45) is 4.99 Å². The van der Waals surface area contributed by atoms with Gasteiger partial charge in [-0.15, -0.1) is 0 Å². The molecule has 0 rings (SSSR count). The Morgan fingerprint density at radius 1 is 1.55 bits per heavy atom. The summed E-state index contributed by atoms with van der Waals surface area (Å²) in [5.41, 5.74) is 0. The van der Waals surface area contributed by atoms with Gasteiger partial charge in [0.1, 0.15) is 0 Å². The molecule has 1 N–H and O–H groups in total. The van der Waals surface area contributed by atoms with Crippen molar-refractivity contribution >= 4 is 12.1 Å². The number of amidine groups is 1. The maximum atomic E-state index is 10.3. The van der Waals surface area contributed by atoms with Gasteiger partial charge in [0.15, 0.2) is 12.1 Å². The van der Waals surface area contributed by atoms with Crippen molar-refractivity contribution in [3.63, 3.8) is 0 Å². The smallest absolute Gasteiger partial charge is 0.184 e. The molecule has 3 heteroatoms. The summed E-state index contributed by atoms with van der Waals surface area (Å²) in [4.78, 5) is 14.2. The van der Waals surface area contributed by atoms with E-state index < -0.39 is 0 Å². The first kappa shape index (κ1) is 9.88. The summed E-state index contributed by atoms with van der Waals surface area (Å²) < 4.78 is 0. The average molecular weight is 154 g/mol. The van der Waals surface area contributed by atoms with Crippen LogP contribution in [0.2, 0.25) is 0 Å². The highest BCUT2D eigenvalue weighted by molar-refractivity contribution is 6.27. The number of aldehydes is 1. The number of allylic oxidation sites excluding steroid dienone is 1. The van der Waals surface area contributed by atoms with Crippen molar-refractivity contribution in [3.05, 3.63) is 12.3 Å². The molecule has 62 valence electrons. The lowest BCUT2D eigenvalue weighted by atomic mass is 10.5. The Hall–Kier alpha value is -1.12. The summed E-state index contributed by atoms with van der Waals surface area (Å²) >= 11 is 0. The predicted octanol–water partition coefficient (Wildman–Crippen LogP) is 1.12. The van der Waals surface area contributed by atoms with Gasteiger partial charge in [0.25, 0.3) is 0 Å². The minimum absolute atomic E-state index is 0.386. The second kappa shape index (κ2) is 6.99. The summed E-state index contributed by atoms with van der Waals surface area (Å²) in [6, 6.07) is 0. The number of hydrogen-bond acceptors (Lipinski definition) is 2. The minimum atomic E-state index is 0.386. The molecule has 0 saturated carbocycles. The van der Waals surface area contributed by atoms with E-state index in [0.717, 1.165) is 6.42 Å². The van der Waals surface area contributed by atoms with Crippen LogP contribution in [0.1, 0.15) is 20.3 Å². The van der Waals surface area contributed by atoms with Crippen molar-refractivity contribution in [3.8, 4) is 0 Å². The third-order valence-electron chi connectivity index (χ3n) is 1.02. The van der Waals surface area contributed by atoms with Crippen LogP contribution in [0.15, 0.2) is 17.3 Å². The number of carbonyl (C=O) groups is 1. The molecule has 11 heavy (non-hydrogen) atoms. The van der Waals surface area contributed by atoms with E-state index in [1.807, 2.05) is 19.9 Å². The molecule has 0 saturated heterocycles. The fraction of sp³-hybridized carbons (Fsp3) is 0.500. The van der Waals surface area contributed by atoms with Crippen LogP contribution in [0.25, 0.3) is 0 Å². The van der Waals surface area contributed by atoms with E-state index >= 15 is 0 Å². The molecule has 0 aromatic heterocycles. The van der Waals surface area contributed by atoms with Crippen molar-refractivity contribution < 1.29 is 4.79 Å². The van der Waals surface area contributed by atoms with Gasteiger partial charge < -0.3 is 5.32 Å². The van der Waals surface area contributed by atoms with Gasteiger partial charge in [-0.2, -0.15) is 0 Å². The molecule has 0 aliphatic rings. The molecule has 3 nitrogen and oxygen atoms in total. The van der Waals surface area contributed by atoms with Gasteiger partial charge in [-0.1, -0.05) is 13.0 Å². The van der Waals surface area contributed by atoms with Crippen molar-refractivity contribution in [2.45, 2.75) is 20.3 Å². The topological polar surface area (TPSA) is 41.5 Å². The Morgan fingerprint density at radius 2 is 2.27 bits per heavy atom. The van der Waals surface area contributed by atoms with E-state index in [-0.39, 0.29) is 0 Å². The Morgan fingerprint density at radius 3 is 2.73 bits per heavy atom. The predicted molar refractivity (Wildman–Crippen MR) is 46.6 cm³/mol. The summed E-state index contributed by atoms with van der Waals surface area (Å²) in [5, 5.41) is 2.77. The van der Waals surface area contributed by atoms with Crippen LogP contribution >= 0.6 is 0 Å². The van der Waals surface area contributed by atoms with E-state index in [9.17, 15) is 4.79 Å². The van der Waals surface area contributed by atoms with Crippen molar-refractivity contribution in [1.82, 2.24) is 5.32 Å². The Kier molecular flexibility index (Phi) is 6.28. The zero-order valence-electron chi connectivity index (χ0n) is 7.00. The molecule has 0 fully saturated rings. The largest absolute Gasteiger partial charge is 0.345 e. The highest BCUT2D eigenvalue weighted by Gasteiger charge is 1.88. The lowest BCUT2D eigenvalue weighted by Gasteiger charge is -1.95. The van der Waals surface area contributed by atoms with E-state index in [2.05, 4.69) is 10.3 Å². The Labute approximate surface area is 67.2 Å². The summed E-state index contributed by atoms with van der Waals surface area (Å²) in [7, 11) is 0. The summed E-state index contributed by atoms with van der Waals surface area (Å²) in [6.45, 7) is 4.53. The van der Waals surface area contributed by atoms with Crippen LogP contribution in [0.4, 0.5) is 0 Å². The normalized spacial score (nSPS) is 12.0. The van der Waals surface area contributed by atoms with Crippen molar-refractivity contribution in [1.29, 1.82) is 0 Å². The third-order valence-corrected chi connectivity index (χ3v) is 1.02. The summed E-state index contributed by atoms with van der Waals surface area (Å²) in [6.07, 6.45) is 5.31. The molecule has 0 aliphatic heterocycles. The maximum absolute atomic E-state index is 10.3. The standard InChI is InChI=1S/C8H14N2O/c1-3-5-6-10-8(7-11)9-4-2/h5-7H,3-4H2,1-2H3,(H,9,10)/b6-5-. The minimum Gasteiger partial charge on any atom is -0.345 e. The van der Waals surface area contributed by atoms with Crippen LogP contribution in [0.5, 0.6) is 0 Å². The van der Waals surface area contributed by atoms with Crippen LogP contribution in [0, 0.1) is 0 Å². The number of nitrogens with zero attached hydrogens (tertiary/aromatic N) is 1. The fourth-order valence-electron chi connectivity index (χ4n) is 0.549. The van der Waals surface area contributed by atoms with Gasteiger partial charge in [0.2, 0.25) is 0 Å². The number of rotatable bonds is 4. The van der Waals surface area contributed by atoms with Gasteiger partial charge in [-0.25, -0.2) is 0 Å². The highest BCUT2D eigenvalue weighted by atomic mass is 16.1. The van der Waals surface area contributed by atoms with E-state index in [1.54, 1.807) is 6.20 Å². The van der Waals surface area contributed by atoms with Gasteiger partial charge in [-0.3, -0.25) is 9.79 Å². The molecule has 0 aromatic carbocycles. The molecule has 0 aromatic rings. The van der Waals surface area contributed by atoms with E-state index in [4.69, 9.17) is 0 Å². The Balaban J connectivity index is 3.78. The van der Waals surface area contributed by atoms with E-state index in [1.165, 1.54) is 0 Å². The maximum Gasteiger partial charge on any atom is 0.184 e. The first-order chi connectivity index (χ1) is 5.35. The molecule has 0 bridgehead atoms. The van der Waals surface area contributed by atoms with E-state index in [0.29, 0.717) is 18.7 Å². The first-order valence-corrected chi connectivity index (χ1v) is 3.76. The average Bonchev–Trinajstić information content (AvgIpc) is 2.03. The first-order valence-electron chi connectivity index (χ1n) is 3.76. The molecule has 0 radical (unpaired) electrons. The number of hydrogen-bond donors (Lipinski definition) is 1. The molecule has 0 atom stereocenters. The Bertz CT molecular complexity index is 161. The van der Waals surface area contributed by atoms with Gasteiger partial charge in [0.05, 0.1) is 0 Å². The van der Waals surface area contributed by atoms with Gasteiger partial charge in [-0.05, 0) is 19.5 Å². The van der Waals surface area contributed by atoms with Crippen LogP contribution < -0.4 is 5.32 Å². The molecular formula is C8H14N2O. The number of aliphatic imine (C=N–C) groups is 1. The third kappa shape index (κ3) is 5.33. The molecule has 0 heterocycles.